The lowest BCUT2D eigenvalue weighted by Crippen LogP contribution is -3.11. The molecule has 1 rings (SSSR count). The van der Waals surface area contributed by atoms with Crippen molar-refractivity contribution in [3.63, 3.8) is 0 Å². The number of ether oxygens (including phenoxy) is 1. The Kier molecular flexibility index (Phi) is 8.58. The van der Waals surface area contributed by atoms with Crippen LogP contribution in [-0.2, 0) is 14.3 Å². The largest absolute Gasteiger partial charge is 0.462 e. The highest BCUT2D eigenvalue weighted by atomic mass is 32.1. The Morgan fingerprint density at radius 2 is 1.68 bits per heavy atom. The van der Waals surface area contributed by atoms with Crippen LogP contribution >= 0.6 is 11.3 Å². The van der Waals surface area contributed by atoms with Crippen LogP contribution in [0.4, 0.5) is 5.00 Å². The van der Waals surface area contributed by atoms with E-state index in [1.807, 2.05) is 0 Å². The van der Waals surface area contributed by atoms with Gasteiger partial charge in [-0.15, -0.1) is 11.3 Å². The second kappa shape index (κ2) is 10.2. The molecule has 156 valence electrons. The maximum Gasteiger partial charge on any atom is 0.341 e. The number of thiophene rings is 1. The number of quaternary nitrogens is 1. The summed E-state index contributed by atoms with van der Waals surface area (Å²) >= 11 is 1.04. The monoisotopic (exact) mass is 413 g/mol. The Bertz CT molecular complexity index is 757. The summed E-state index contributed by atoms with van der Waals surface area (Å²) in [6, 6.07) is 0. The van der Waals surface area contributed by atoms with Gasteiger partial charge in [0.15, 0.2) is 13.1 Å². The first kappa shape index (κ1) is 23.6. The molecule has 0 saturated heterocycles. The number of likely N-dealkylation sites (N-methyl/N-ethyl adjacent to an activating group) is 2. The summed E-state index contributed by atoms with van der Waals surface area (Å²) in [7, 11) is 8.26. The van der Waals surface area contributed by atoms with Crippen LogP contribution in [0.3, 0.4) is 0 Å². The first-order valence-electron chi connectivity index (χ1n) is 8.82. The second-order valence-corrected chi connectivity index (χ2v) is 7.85. The van der Waals surface area contributed by atoms with E-state index in [0.29, 0.717) is 15.3 Å². The molecule has 1 atom stereocenters. The maximum atomic E-state index is 12.4. The van der Waals surface area contributed by atoms with E-state index in [1.54, 1.807) is 49.1 Å². The summed E-state index contributed by atoms with van der Waals surface area (Å²) in [5.41, 5.74) is 0.661. The smallest absolute Gasteiger partial charge is 0.341 e. The molecular formula is C18H29N4O5S+. The normalized spacial score (nSPS) is 11.5. The standard InChI is InChI=1S/C18H28N4O5S/c1-8-27-18(26)14-11(2)15(17(25)21(5)6)28-16(14)19-12(23)9-22(7)10-13(24)20(3)4/h8-10H2,1-7H3,(H,19,23)/p+1. The molecule has 0 aromatic carbocycles. The number of carbonyl (C=O) groups excluding carboxylic acids is 4. The fourth-order valence-electron chi connectivity index (χ4n) is 2.38. The van der Waals surface area contributed by atoms with Gasteiger partial charge in [-0.3, -0.25) is 14.4 Å². The van der Waals surface area contributed by atoms with E-state index in [2.05, 4.69) is 5.32 Å². The molecule has 0 bridgehead atoms. The third-order valence-electron chi connectivity index (χ3n) is 3.89. The van der Waals surface area contributed by atoms with Crippen molar-refractivity contribution in [3.05, 3.63) is 16.0 Å². The predicted molar refractivity (Wildman–Crippen MR) is 107 cm³/mol. The molecule has 1 aromatic heterocycles. The number of amides is 3. The van der Waals surface area contributed by atoms with Gasteiger partial charge >= 0.3 is 5.97 Å². The van der Waals surface area contributed by atoms with E-state index >= 15 is 0 Å². The Labute approximate surface area is 169 Å². The molecule has 0 aliphatic carbocycles. The zero-order chi connectivity index (χ0) is 21.6. The van der Waals surface area contributed by atoms with E-state index in [4.69, 9.17) is 4.74 Å². The van der Waals surface area contributed by atoms with Crippen molar-refractivity contribution in [2.24, 2.45) is 0 Å². The van der Waals surface area contributed by atoms with Crippen LogP contribution in [0.15, 0.2) is 0 Å². The van der Waals surface area contributed by atoms with Crippen LogP contribution in [0.5, 0.6) is 0 Å². The van der Waals surface area contributed by atoms with Gasteiger partial charge in [0.2, 0.25) is 0 Å². The van der Waals surface area contributed by atoms with E-state index < -0.39 is 5.97 Å². The Hall–Kier alpha value is -2.46. The SMILES string of the molecule is CCOC(=O)c1c(NC(=O)C[NH+](C)CC(=O)N(C)C)sc(C(=O)N(C)C)c1C. The Morgan fingerprint density at radius 1 is 1.07 bits per heavy atom. The summed E-state index contributed by atoms with van der Waals surface area (Å²) in [5.74, 6) is -1.30. The molecule has 0 radical (unpaired) electrons. The van der Waals surface area contributed by atoms with Gasteiger partial charge in [0.05, 0.1) is 24.1 Å². The lowest BCUT2D eigenvalue weighted by molar-refractivity contribution is -0.862. The van der Waals surface area contributed by atoms with Crippen molar-refractivity contribution < 1.29 is 28.8 Å². The van der Waals surface area contributed by atoms with Crippen molar-refractivity contribution in [3.8, 4) is 0 Å². The number of esters is 1. The molecule has 0 aliphatic rings. The van der Waals surface area contributed by atoms with Gasteiger partial charge in [0.25, 0.3) is 17.7 Å². The lowest BCUT2D eigenvalue weighted by atomic mass is 10.1. The number of nitrogens with one attached hydrogen (secondary N) is 2. The quantitative estimate of drug-likeness (QED) is 0.559. The Morgan fingerprint density at radius 3 is 2.18 bits per heavy atom. The molecule has 10 heteroatoms. The molecule has 1 aromatic rings. The summed E-state index contributed by atoms with van der Waals surface area (Å²) in [6.07, 6.45) is 0. The van der Waals surface area contributed by atoms with Crippen LogP contribution < -0.4 is 10.2 Å². The maximum absolute atomic E-state index is 12.4. The minimum Gasteiger partial charge on any atom is -0.462 e. The van der Waals surface area contributed by atoms with Crippen molar-refractivity contribution in [1.29, 1.82) is 0 Å². The van der Waals surface area contributed by atoms with Crippen molar-refractivity contribution in [2.75, 3.05) is 60.3 Å². The molecule has 0 saturated carbocycles. The third-order valence-corrected chi connectivity index (χ3v) is 5.09. The molecule has 9 nitrogen and oxygen atoms in total. The fraction of sp³-hybridized carbons (Fsp3) is 0.556. The fourth-order valence-corrected chi connectivity index (χ4v) is 3.61. The molecule has 0 spiro atoms. The van der Waals surface area contributed by atoms with Crippen LogP contribution in [0, 0.1) is 6.92 Å². The second-order valence-electron chi connectivity index (χ2n) is 6.83. The minimum atomic E-state index is -0.590. The molecule has 28 heavy (non-hydrogen) atoms. The molecule has 1 unspecified atom stereocenters. The summed E-state index contributed by atoms with van der Waals surface area (Å²) in [6.45, 7) is 3.72. The van der Waals surface area contributed by atoms with Gasteiger partial charge < -0.3 is 24.8 Å². The molecule has 3 amide bonds. The van der Waals surface area contributed by atoms with Gasteiger partial charge in [-0.05, 0) is 19.4 Å². The topological polar surface area (TPSA) is 100 Å². The molecule has 0 fully saturated rings. The molecule has 2 N–H and O–H groups in total. The van der Waals surface area contributed by atoms with E-state index in [0.717, 1.165) is 11.3 Å². The van der Waals surface area contributed by atoms with Crippen LogP contribution in [0.1, 0.15) is 32.5 Å². The van der Waals surface area contributed by atoms with Gasteiger partial charge in [0.1, 0.15) is 5.00 Å². The van der Waals surface area contributed by atoms with E-state index in [1.165, 1.54) is 9.80 Å². The zero-order valence-corrected chi connectivity index (χ0v) is 18.3. The molecule has 1 heterocycles. The number of anilines is 1. The van der Waals surface area contributed by atoms with E-state index in [-0.39, 0.29) is 48.0 Å². The van der Waals surface area contributed by atoms with Crippen molar-refractivity contribution in [1.82, 2.24) is 9.80 Å². The Balaban J connectivity index is 3.06. The number of hydrogen-bond donors (Lipinski definition) is 2. The third kappa shape index (κ3) is 6.03. The van der Waals surface area contributed by atoms with E-state index in [9.17, 15) is 19.2 Å². The highest BCUT2D eigenvalue weighted by molar-refractivity contribution is 7.18. The summed E-state index contributed by atoms with van der Waals surface area (Å²) in [5, 5.41) is 2.98. The number of carbonyl (C=O) groups is 4. The predicted octanol–water partition coefficient (Wildman–Crippen LogP) is -0.524. The van der Waals surface area contributed by atoms with Crippen molar-refractivity contribution >= 4 is 40.0 Å². The molecule has 0 aliphatic heterocycles. The van der Waals surface area contributed by atoms with Crippen LogP contribution in [0.2, 0.25) is 0 Å². The number of rotatable bonds is 8. The number of hydrogen-bond acceptors (Lipinski definition) is 6. The first-order chi connectivity index (χ1) is 13.0. The van der Waals surface area contributed by atoms with Crippen LogP contribution in [-0.4, -0.2) is 88.4 Å². The van der Waals surface area contributed by atoms with Gasteiger partial charge in [-0.1, -0.05) is 0 Å². The highest BCUT2D eigenvalue weighted by Crippen LogP contribution is 2.34. The van der Waals surface area contributed by atoms with Gasteiger partial charge in [-0.2, -0.15) is 0 Å². The highest BCUT2D eigenvalue weighted by Gasteiger charge is 2.28. The van der Waals surface area contributed by atoms with Crippen LogP contribution in [0.25, 0.3) is 0 Å². The lowest BCUT2D eigenvalue weighted by Gasteiger charge is -2.16. The van der Waals surface area contributed by atoms with Crippen molar-refractivity contribution in [2.45, 2.75) is 13.8 Å². The average molecular weight is 414 g/mol. The number of nitrogens with zero attached hydrogens (tertiary/aromatic N) is 2. The first-order valence-corrected chi connectivity index (χ1v) is 9.64. The van der Waals surface area contributed by atoms with Gasteiger partial charge in [-0.25, -0.2) is 4.79 Å². The van der Waals surface area contributed by atoms with Gasteiger partial charge in [0, 0.05) is 28.2 Å². The summed E-state index contributed by atoms with van der Waals surface area (Å²) in [4.78, 5) is 52.9. The molecular weight excluding hydrogens is 384 g/mol. The summed E-state index contributed by atoms with van der Waals surface area (Å²) < 4.78 is 5.08. The zero-order valence-electron chi connectivity index (χ0n) is 17.5. The average Bonchev–Trinajstić information content (AvgIpc) is 2.89. The minimum absolute atomic E-state index is 0.0375.